The molecule has 0 fully saturated rings. The molecule has 11 heteroatoms. The molecule has 1 amide bonds. The summed E-state index contributed by atoms with van der Waals surface area (Å²) < 4.78 is 13.5. The number of carbonyl (C=O) groups is 1. The maximum atomic E-state index is 12.5. The molecule has 0 saturated heterocycles. The van der Waals surface area contributed by atoms with Crippen molar-refractivity contribution in [1.82, 2.24) is 25.2 Å². The molecule has 0 aliphatic rings. The van der Waals surface area contributed by atoms with Gasteiger partial charge in [-0.2, -0.15) is 5.10 Å². The summed E-state index contributed by atoms with van der Waals surface area (Å²) in [4.78, 5) is 16.6. The molecular weight excluding hydrogens is 532 g/mol. The second kappa shape index (κ2) is 11.6. The molecule has 0 aliphatic heterocycles. The lowest BCUT2D eigenvalue weighted by atomic mass is 10.2. The van der Waals surface area contributed by atoms with Crippen LogP contribution in [0.15, 0.2) is 81.7 Å². The van der Waals surface area contributed by atoms with Crippen LogP contribution in [0.25, 0.3) is 17.1 Å². The van der Waals surface area contributed by atoms with Gasteiger partial charge in [-0.25, -0.2) is 5.43 Å². The molecule has 2 aromatic carbocycles. The van der Waals surface area contributed by atoms with Crippen molar-refractivity contribution < 1.29 is 14.3 Å². The SMILES string of the molecule is COc1cccc(/C=N/NC(=O)CSc2nnc(-c3ccncc3)n2-c2ccc(Br)cc2)c1OC. The van der Waals surface area contributed by atoms with Crippen LogP contribution in [0.5, 0.6) is 11.5 Å². The fraction of sp³-hybridized carbons (Fsp3) is 0.125. The number of halogens is 1. The third-order valence-electron chi connectivity index (χ3n) is 4.82. The average molecular weight is 553 g/mol. The van der Waals surface area contributed by atoms with E-state index < -0.39 is 0 Å². The monoisotopic (exact) mass is 552 g/mol. The topological polar surface area (TPSA) is 104 Å². The normalized spacial score (nSPS) is 10.9. The van der Waals surface area contributed by atoms with E-state index >= 15 is 0 Å². The molecule has 35 heavy (non-hydrogen) atoms. The Hall–Kier alpha value is -3.70. The fourth-order valence-electron chi connectivity index (χ4n) is 3.22. The predicted molar refractivity (Wildman–Crippen MR) is 138 cm³/mol. The number of hydrazone groups is 1. The number of benzene rings is 2. The summed E-state index contributed by atoms with van der Waals surface area (Å²) in [5, 5.41) is 13.3. The highest BCUT2D eigenvalue weighted by Crippen LogP contribution is 2.30. The van der Waals surface area contributed by atoms with Crippen LogP contribution < -0.4 is 14.9 Å². The van der Waals surface area contributed by atoms with Gasteiger partial charge in [0.25, 0.3) is 5.91 Å². The number of rotatable bonds is 9. The second-order valence-corrected chi connectivity index (χ2v) is 8.88. The van der Waals surface area contributed by atoms with E-state index in [1.54, 1.807) is 32.7 Å². The van der Waals surface area contributed by atoms with Gasteiger partial charge in [0.05, 0.1) is 26.2 Å². The van der Waals surface area contributed by atoms with E-state index in [0.29, 0.717) is 28.0 Å². The maximum Gasteiger partial charge on any atom is 0.250 e. The average Bonchev–Trinajstić information content (AvgIpc) is 3.32. The number of nitrogens with one attached hydrogen (secondary N) is 1. The molecule has 0 radical (unpaired) electrons. The largest absolute Gasteiger partial charge is 0.493 e. The first-order chi connectivity index (χ1) is 17.1. The van der Waals surface area contributed by atoms with Crippen LogP contribution in [0.4, 0.5) is 0 Å². The Kier molecular flexibility index (Phi) is 8.11. The molecule has 1 N–H and O–H groups in total. The highest BCUT2D eigenvalue weighted by atomic mass is 79.9. The van der Waals surface area contributed by atoms with Crippen molar-refractivity contribution in [1.29, 1.82) is 0 Å². The van der Waals surface area contributed by atoms with Gasteiger partial charge >= 0.3 is 0 Å². The van der Waals surface area contributed by atoms with Gasteiger partial charge in [-0.3, -0.25) is 14.3 Å². The van der Waals surface area contributed by atoms with Crippen molar-refractivity contribution in [3.8, 4) is 28.6 Å². The van der Waals surface area contributed by atoms with Gasteiger partial charge in [-0.1, -0.05) is 33.8 Å². The Bertz CT molecular complexity index is 1330. The number of thioether (sulfide) groups is 1. The van der Waals surface area contributed by atoms with Crippen LogP contribution in [0, 0.1) is 0 Å². The molecule has 0 saturated carbocycles. The van der Waals surface area contributed by atoms with Crippen LogP contribution >= 0.6 is 27.7 Å². The lowest BCUT2D eigenvalue weighted by Crippen LogP contribution is -2.20. The summed E-state index contributed by atoms with van der Waals surface area (Å²) in [6.45, 7) is 0. The highest BCUT2D eigenvalue weighted by molar-refractivity contribution is 9.10. The predicted octanol–water partition coefficient (Wildman–Crippen LogP) is 4.35. The number of nitrogens with zero attached hydrogens (tertiary/aromatic N) is 5. The number of methoxy groups -OCH3 is 2. The number of amides is 1. The summed E-state index contributed by atoms with van der Waals surface area (Å²) in [7, 11) is 3.11. The molecule has 9 nitrogen and oxygen atoms in total. The molecule has 4 rings (SSSR count). The quantitative estimate of drug-likeness (QED) is 0.187. The van der Waals surface area contributed by atoms with Gasteiger partial charge in [-0.15, -0.1) is 10.2 Å². The van der Waals surface area contributed by atoms with Gasteiger partial charge < -0.3 is 9.47 Å². The van der Waals surface area contributed by atoms with Crippen molar-refractivity contribution in [3.63, 3.8) is 0 Å². The molecule has 0 bridgehead atoms. The van der Waals surface area contributed by atoms with Crippen LogP contribution in [0.3, 0.4) is 0 Å². The van der Waals surface area contributed by atoms with Gasteiger partial charge in [0.1, 0.15) is 0 Å². The maximum absolute atomic E-state index is 12.5. The van der Waals surface area contributed by atoms with E-state index in [1.165, 1.54) is 18.0 Å². The van der Waals surface area contributed by atoms with E-state index in [4.69, 9.17) is 9.47 Å². The van der Waals surface area contributed by atoms with Crippen molar-refractivity contribution >= 4 is 39.8 Å². The molecule has 178 valence electrons. The molecule has 4 aromatic rings. The molecule has 0 spiro atoms. The van der Waals surface area contributed by atoms with Crippen molar-refractivity contribution in [2.45, 2.75) is 5.16 Å². The number of para-hydroxylation sites is 1. The summed E-state index contributed by atoms with van der Waals surface area (Å²) in [6.07, 6.45) is 4.91. The van der Waals surface area contributed by atoms with Gasteiger partial charge in [0.2, 0.25) is 0 Å². The molecule has 0 unspecified atom stereocenters. The lowest BCUT2D eigenvalue weighted by Gasteiger charge is -2.10. The zero-order chi connectivity index (χ0) is 24.6. The highest BCUT2D eigenvalue weighted by Gasteiger charge is 2.17. The van der Waals surface area contributed by atoms with E-state index in [1.807, 2.05) is 53.1 Å². The Morgan fingerprint density at radius 3 is 2.57 bits per heavy atom. The van der Waals surface area contributed by atoms with Gasteiger partial charge in [-0.05, 0) is 48.5 Å². The Balaban J connectivity index is 1.49. The number of hydrogen-bond donors (Lipinski definition) is 1. The summed E-state index contributed by atoms with van der Waals surface area (Å²) in [5.74, 6) is 1.58. The van der Waals surface area contributed by atoms with E-state index in [-0.39, 0.29) is 11.7 Å². The Morgan fingerprint density at radius 2 is 1.86 bits per heavy atom. The minimum absolute atomic E-state index is 0.0948. The van der Waals surface area contributed by atoms with Gasteiger partial charge in [0.15, 0.2) is 22.5 Å². The number of hydrogen-bond acceptors (Lipinski definition) is 8. The summed E-state index contributed by atoms with van der Waals surface area (Å²) >= 11 is 4.72. The molecular formula is C24H21BrN6O3S. The first-order valence-electron chi connectivity index (χ1n) is 10.4. The third-order valence-corrected chi connectivity index (χ3v) is 6.27. The summed E-state index contributed by atoms with van der Waals surface area (Å²) in [6, 6.07) is 16.9. The van der Waals surface area contributed by atoms with E-state index in [2.05, 4.69) is 41.6 Å². The zero-order valence-corrected chi connectivity index (χ0v) is 21.3. The number of ether oxygens (including phenoxy) is 2. The number of pyridine rings is 1. The minimum atomic E-state index is -0.288. The van der Waals surface area contributed by atoms with Crippen LogP contribution in [-0.4, -0.2) is 51.8 Å². The number of aromatic nitrogens is 4. The van der Waals surface area contributed by atoms with Crippen LogP contribution in [0.2, 0.25) is 0 Å². The van der Waals surface area contributed by atoms with Crippen LogP contribution in [-0.2, 0) is 4.79 Å². The van der Waals surface area contributed by atoms with E-state index in [0.717, 1.165) is 15.7 Å². The van der Waals surface area contributed by atoms with Gasteiger partial charge in [0, 0.05) is 33.7 Å². The van der Waals surface area contributed by atoms with Crippen molar-refractivity contribution in [2.24, 2.45) is 5.10 Å². The second-order valence-electron chi connectivity index (χ2n) is 7.02. The molecule has 2 aromatic heterocycles. The van der Waals surface area contributed by atoms with Crippen LogP contribution in [0.1, 0.15) is 5.56 Å². The fourth-order valence-corrected chi connectivity index (χ4v) is 4.23. The lowest BCUT2D eigenvalue weighted by molar-refractivity contribution is -0.118. The van der Waals surface area contributed by atoms with E-state index in [9.17, 15) is 4.79 Å². The standard InChI is InChI=1S/C24H21BrN6O3S/c1-33-20-5-3-4-17(22(20)34-2)14-27-28-21(32)15-35-24-30-29-23(16-10-12-26-13-11-16)31(24)19-8-6-18(25)7-9-19/h3-14H,15H2,1-2H3,(H,28,32)/b27-14+. The Morgan fingerprint density at radius 1 is 1.09 bits per heavy atom. The summed E-state index contributed by atoms with van der Waals surface area (Å²) in [5.41, 5.74) is 4.95. The first-order valence-corrected chi connectivity index (χ1v) is 12.2. The molecule has 0 aliphatic carbocycles. The molecule has 0 atom stereocenters. The smallest absolute Gasteiger partial charge is 0.250 e. The minimum Gasteiger partial charge on any atom is -0.493 e. The molecule has 2 heterocycles. The van der Waals surface area contributed by atoms with Crippen molar-refractivity contribution in [2.75, 3.05) is 20.0 Å². The number of carbonyl (C=O) groups excluding carboxylic acids is 1. The van der Waals surface area contributed by atoms with Crippen molar-refractivity contribution in [3.05, 3.63) is 77.0 Å². The first kappa shape index (κ1) is 24.4. The Labute approximate surface area is 214 Å². The third kappa shape index (κ3) is 5.87. The zero-order valence-electron chi connectivity index (χ0n) is 18.9.